The predicted octanol–water partition coefficient (Wildman–Crippen LogP) is 14.7. The Hall–Kier alpha value is -5.48. The van der Waals surface area contributed by atoms with Crippen LogP contribution in [0.3, 0.4) is 0 Å². The monoisotopic (exact) mass is 829 g/mol. The van der Waals surface area contributed by atoms with Gasteiger partial charge in [0.05, 0.1) is 17.0 Å². The second kappa shape index (κ2) is 13.8. The van der Waals surface area contributed by atoms with Gasteiger partial charge in [0.1, 0.15) is 5.58 Å². The Labute approximate surface area is 377 Å². The summed E-state index contributed by atoms with van der Waals surface area (Å²) < 4.78 is 7.42. The topological polar surface area (TPSA) is 19.6 Å². The van der Waals surface area contributed by atoms with Crippen LogP contribution in [0.4, 0.5) is 34.1 Å². The molecule has 0 saturated carbocycles. The van der Waals surface area contributed by atoms with Gasteiger partial charge in [0, 0.05) is 33.7 Å². The lowest BCUT2D eigenvalue weighted by atomic mass is 9.35. The summed E-state index contributed by atoms with van der Waals surface area (Å²) >= 11 is 0. The minimum absolute atomic E-state index is 0.0220. The first-order valence-electron chi connectivity index (χ1n) is 23.3. The molecule has 6 aromatic carbocycles. The smallest absolute Gasteiger partial charge is 0.297 e. The van der Waals surface area contributed by atoms with Crippen molar-refractivity contribution in [3.63, 3.8) is 0 Å². The number of fused-ring (bicyclic) bond motifs is 7. The first-order chi connectivity index (χ1) is 29.5. The minimum atomic E-state index is -0.122. The maximum atomic E-state index is 7.42. The van der Waals surface area contributed by atoms with Crippen LogP contribution in [0.25, 0.3) is 22.1 Å². The van der Waals surface area contributed by atoms with E-state index in [1.807, 2.05) is 0 Å². The third-order valence-corrected chi connectivity index (χ3v) is 14.8. The molecule has 0 bridgehead atoms. The minimum Gasteiger partial charge on any atom is -0.468 e. The Balaban J connectivity index is 1.34. The van der Waals surface area contributed by atoms with Crippen molar-refractivity contribution in [1.82, 2.24) is 0 Å². The molecule has 0 fully saturated rings. The fourth-order valence-electron chi connectivity index (χ4n) is 10.8. The summed E-state index contributed by atoms with van der Waals surface area (Å²) in [5.74, 6) is 0. The van der Waals surface area contributed by atoms with E-state index in [0.717, 1.165) is 34.4 Å². The highest BCUT2D eigenvalue weighted by Gasteiger charge is 2.48. The summed E-state index contributed by atoms with van der Waals surface area (Å²) in [4.78, 5) is 5.16. The van der Waals surface area contributed by atoms with Crippen LogP contribution in [0.5, 0.6) is 0 Å². The van der Waals surface area contributed by atoms with Crippen molar-refractivity contribution in [2.45, 2.75) is 137 Å². The van der Waals surface area contributed by atoms with E-state index >= 15 is 0 Å². The zero-order valence-corrected chi connectivity index (χ0v) is 40.3. The van der Waals surface area contributed by atoms with E-state index in [-0.39, 0.29) is 33.8 Å². The van der Waals surface area contributed by atoms with Gasteiger partial charge in [0.2, 0.25) is 0 Å². The molecule has 7 aromatic rings. The van der Waals surface area contributed by atoms with Crippen molar-refractivity contribution in [2.75, 3.05) is 9.80 Å². The van der Waals surface area contributed by atoms with E-state index in [2.05, 4.69) is 222 Å². The Morgan fingerprint density at radius 2 is 1.10 bits per heavy atom. The SMILES string of the molecule is Cc1cc2c3c(c1)N(c1ccc(C(C)(C)C)cc1)c1c(oc4cc(C(C)(C)C)ccc14)B3c1cc(C(C)(C)C)ccc1N2c1cc2c(cc1-c1ccccc1)C(C)(C)CCC2(C)C. The Kier molecular flexibility index (Phi) is 9.07. The molecule has 10 rings (SSSR count). The third kappa shape index (κ3) is 6.60. The summed E-state index contributed by atoms with van der Waals surface area (Å²) in [5.41, 5.74) is 22.3. The average molecular weight is 829 g/mol. The highest BCUT2D eigenvalue weighted by Crippen LogP contribution is 2.53. The summed E-state index contributed by atoms with van der Waals surface area (Å²) in [5, 5.41) is 1.15. The molecule has 0 atom stereocenters. The maximum Gasteiger partial charge on any atom is 0.297 e. The van der Waals surface area contributed by atoms with Gasteiger partial charge in [-0.3, -0.25) is 0 Å². The van der Waals surface area contributed by atoms with Crippen molar-refractivity contribution in [3.8, 4) is 11.1 Å². The van der Waals surface area contributed by atoms with Gasteiger partial charge in [0.25, 0.3) is 6.71 Å². The molecule has 3 nitrogen and oxygen atoms in total. The van der Waals surface area contributed by atoms with Crippen LogP contribution >= 0.6 is 0 Å². The normalized spacial score (nSPS) is 16.4. The summed E-state index contributed by atoms with van der Waals surface area (Å²) in [6.07, 6.45) is 2.32. The fraction of sp³-hybridized carbons (Fsp3) is 0.356. The Bertz CT molecular complexity index is 2960. The molecule has 0 unspecified atom stereocenters. The molecule has 3 heterocycles. The number of nitrogens with zero attached hydrogens (tertiary/aromatic N) is 2. The second-order valence-corrected chi connectivity index (χ2v) is 23.5. The summed E-state index contributed by atoms with van der Waals surface area (Å²) in [6.45, 7) is 32.7. The molecule has 0 spiro atoms. The van der Waals surface area contributed by atoms with Gasteiger partial charge in [-0.15, -0.1) is 0 Å². The standard InChI is InChI=1S/C59H65BN2O/c1-36-30-49-52-50(31-36)62(48-35-45-44(58(11,12)28-29-59(45,13)14)34-43(48)37-18-16-15-17-19-37)47-27-23-39(56(5,6)7)32-46(47)60(52)54-53(42-26-22-40(57(8,9)10)33-51(42)63-54)61(49)41-24-20-38(21-25-41)55(2,3)4/h15-27,30-35H,28-29H2,1-14H3. The van der Waals surface area contributed by atoms with Crippen LogP contribution in [0.15, 0.2) is 120 Å². The molecule has 0 N–H and O–H groups in total. The van der Waals surface area contributed by atoms with Crippen LogP contribution in [0, 0.1) is 6.92 Å². The van der Waals surface area contributed by atoms with Gasteiger partial charge in [-0.2, -0.15) is 0 Å². The fourth-order valence-corrected chi connectivity index (χ4v) is 10.8. The van der Waals surface area contributed by atoms with Crippen molar-refractivity contribution >= 4 is 68.4 Å². The van der Waals surface area contributed by atoms with Gasteiger partial charge in [0.15, 0.2) is 0 Å². The number of furan rings is 1. The molecule has 320 valence electrons. The molecule has 1 aromatic heterocycles. The third-order valence-electron chi connectivity index (χ3n) is 14.8. The second-order valence-electron chi connectivity index (χ2n) is 23.5. The van der Waals surface area contributed by atoms with Crippen LogP contribution in [0.1, 0.15) is 136 Å². The van der Waals surface area contributed by atoms with Gasteiger partial charge >= 0.3 is 0 Å². The molecule has 0 radical (unpaired) electrons. The largest absolute Gasteiger partial charge is 0.468 e. The molecule has 63 heavy (non-hydrogen) atoms. The summed E-state index contributed by atoms with van der Waals surface area (Å²) in [7, 11) is 0. The van der Waals surface area contributed by atoms with Crippen LogP contribution in [-0.4, -0.2) is 6.71 Å². The lowest BCUT2D eigenvalue weighted by Gasteiger charge is -2.45. The molecular formula is C59H65BN2O. The zero-order valence-electron chi connectivity index (χ0n) is 40.3. The number of rotatable bonds is 3. The van der Waals surface area contributed by atoms with Gasteiger partial charge in [-0.05, 0) is 151 Å². The van der Waals surface area contributed by atoms with Crippen molar-refractivity contribution in [3.05, 3.63) is 149 Å². The average Bonchev–Trinajstić information content (AvgIpc) is 3.60. The van der Waals surface area contributed by atoms with Gasteiger partial charge < -0.3 is 14.2 Å². The number of aryl methyl sites for hydroxylation is 1. The lowest BCUT2D eigenvalue weighted by Crippen LogP contribution is -2.61. The van der Waals surface area contributed by atoms with Gasteiger partial charge in [-0.1, -0.05) is 151 Å². The van der Waals surface area contributed by atoms with E-state index in [0.29, 0.717) is 0 Å². The molecular weight excluding hydrogens is 763 g/mol. The highest BCUT2D eigenvalue weighted by atomic mass is 16.3. The van der Waals surface area contributed by atoms with Crippen molar-refractivity contribution in [2.24, 2.45) is 0 Å². The van der Waals surface area contributed by atoms with Crippen molar-refractivity contribution < 1.29 is 4.42 Å². The first kappa shape index (κ1) is 41.5. The first-order valence-corrected chi connectivity index (χ1v) is 23.3. The maximum absolute atomic E-state index is 7.42. The number of anilines is 6. The van der Waals surface area contributed by atoms with E-state index in [1.165, 1.54) is 84.6 Å². The quantitative estimate of drug-likeness (QED) is 0.165. The Morgan fingerprint density at radius 3 is 1.71 bits per heavy atom. The predicted molar refractivity (Wildman–Crippen MR) is 272 cm³/mol. The number of hydrogen-bond donors (Lipinski definition) is 0. The molecule has 1 aliphatic carbocycles. The van der Waals surface area contributed by atoms with Gasteiger partial charge in [-0.25, -0.2) is 0 Å². The number of hydrogen-bond acceptors (Lipinski definition) is 3. The molecule has 0 amide bonds. The van der Waals surface area contributed by atoms with E-state index in [1.54, 1.807) is 0 Å². The lowest BCUT2D eigenvalue weighted by molar-refractivity contribution is 0.332. The Morgan fingerprint density at radius 1 is 0.540 bits per heavy atom. The van der Waals surface area contributed by atoms with E-state index in [9.17, 15) is 0 Å². The molecule has 0 saturated heterocycles. The molecule has 3 aliphatic rings. The number of benzene rings is 6. The molecule has 4 heteroatoms. The molecule has 2 aliphatic heterocycles. The highest BCUT2D eigenvalue weighted by molar-refractivity contribution is 7.00. The van der Waals surface area contributed by atoms with E-state index < -0.39 is 0 Å². The van der Waals surface area contributed by atoms with Crippen LogP contribution in [0.2, 0.25) is 0 Å². The van der Waals surface area contributed by atoms with Crippen LogP contribution < -0.4 is 26.4 Å². The van der Waals surface area contributed by atoms with Crippen LogP contribution in [-0.2, 0) is 27.1 Å². The zero-order chi connectivity index (χ0) is 44.8. The summed E-state index contributed by atoms with van der Waals surface area (Å²) in [6, 6.07) is 44.7. The van der Waals surface area contributed by atoms with Crippen molar-refractivity contribution in [1.29, 1.82) is 0 Å². The van der Waals surface area contributed by atoms with E-state index in [4.69, 9.17) is 4.42 Å².